The van der Waals surface area contributed by atoms with E-state index < -0.39 is 11.6 Å². The lowest BCUT2D eigenvalue weighted by atomic mass is 10.2. The quantitative estimate of drug-likeness (QED) is 0.869. The van der Waals surface area contributed by atoms with Gasteiger partial charge in [-0.1, -0.05) is 0 Å². The molecular weight excluding hydrogens is 304 g/mol. The van der Waals surface area contributed by atoms with E-state index >= 15 is 0 Å². The maximum Gasteiger partial charge on any atom is 0.321 e. The van der Waals surface area contributed by atoms with Crippen LogP contribution in [0, 0.1) is 11.6 Å². The third-order valence-electron chi connectivity index (χ3n) is 3.76. The number of ether oxygens (including phenoxy) is 1. The van der Waals surface area contributed by atoms with Crippen LogP contribution in [0.2, 0.25) is 0 Å². The summed E-state index contributed by atoms with van der Waals surface area (Å²) in [6.07, 6.45) is 4.47. The highest BCUT2D eigenvalue weighted by Crippen LogP contribution is 2.23. The molecule has 1 aliphatic rings. The van der Waals surface area contributed by atoms with Crippen molar-refractivity contribution in [2.75, 3.05) is 0 Å². The van der Waals surface area contributed by atoms with Crippen molar-refractivity contribution in [2.45, 2.75) is 32.4 Å². The minimum Gasteiger partial charge on any atom is -0.421 e. The summed E-state index contributed by atoms with van der Waals surface area (Å²) in [6, 6.07) is 3.15. The van der Waals surface area contributed by atoms with Gasteiger partial charge in [-0.15, -0.1) is 0 Å². The molecule has 120 valence electrons. The molecule has 1 fully saturated rings. The number of likely N-dealkylation sites (tertiary alicyclic amines) is 1. The summed E-state index contributed by atoms with van der Waals surface area (Å²) in [6.45, 7) is 2.44. The van der Waals surface area contributed by atoms with Crippen molar-refractivity contribution in [2.24, 2.45) is 0 Å². The fourth-order valence-corrected chi connectivity index (χ4v) is 2.45. The van der Waals surface area contributed by atoms with Crippen molar-refractivity contribution >= 4 is 5.91 Å². The molecule has 5 nitrogen and oxygen atoms in total. The van der Waals surface area contributed by atoms with E-state index in [0.717, 1.165) is 24.1 Å². The zero-order valence-electron chi connectivity index (χ0n) is 12.5. The molecule has 23 heavy (non-hydrogen) atoms. The zero-order chi connectivity index (χ0) is 16.4. The molecule has 0 bridgehead atoms. The van der Waals surface area contributed by atoms with Crippen LogP contribution < -0.4 is 4.74 Å². The molecule has 1 aromatic heterocycles. The van der Waals surface area contributed by atoms with Gasteiger partial charge < -0.3 is 9.64 Å². The standard InChI is InChI=1S/C16H15F2N3O2/c1-10-2-5-15(22)21(10)9-11-7-19-16(20-8-11)23-14-4-3-12(17)6-13(14)18/h3-4,6-8,10H,2,5,9H2,1H3. The average Bonchev–Trinajstić information content (AvgIpc) is 2.84. The first-order chi connectivity index (χ1) is 11.0. The van der Waals surface area contributed by atoms with E-state index in [2.05, 4.69) is 9.97 Å². The van der Waals surface area contributed by atoms with Gasteiger partial charge in [0.15, 0.2) is 11.6 Å². The maximum absolute atomic E-state index is 13.5. The number of amides is 1. The van der Waals surface area contributed by atoms with E-state index in [9.17, 15) is 13.6 Å². The smallest absolute Gasteiger partial charge is 0.321 e. The van der Waals surface area contributed by atoms with Gasteiger partial charge in [0.05, 0.1) is 0 Å². The molecule has 1 unspecified atom stereocenters. The SMILES string of the molecule is CC1CCC(=O)N1Cc1cnc(Oc2ccc(F)cc2F)nc1. The normalized spacial score (nSPS) is 17.6. The average molecular weight is 319 g/mol. The van der Waals surface area contributed by atoms with Crippen LogP contribution in [0.4, 0.5) is 8.78 Å². The van der Waals surface area contributed by atoms with Crippen LogP contribution in [0.25, 0.3) is 0 Å². The largest absolute Gasteiger partial charge is 0.421 e. The van der Waals surface area contributed by atoms with Crippen molar-refractivity contribution in [3.05, 3.63) is 47.8 Å². The summed E-state index contributed by atoms with van der Waals surface area (Å²) in [5.74, 6) is -1.54. The van der Waals surface area contributed by atoms with Gasteiger partial charge in [-0.2, -0.15) is 0 Å². The Balaban J connectivity index is 1.68. The van der Waals surface area contributed by atoms with Gasteiger partial charge in [0.2, 0.25) is 5.91 Å². The number of rotatable bonds is 4. The Morgan fingerprint density at radius 2 is 2.04 bits per heavy atom. The number of benzene rings is 1. The van der Waals surface area contributed by atoms with Gasteiger partial charge >= 0.3 is 6.01 Å². The van der Waals surface area contributed by atoms with Crippen molar-refractivity contribution in [3.8, 4) is 11.8 Å². The van der Waals surface area contributed by atoms with Crippen molar-refractivity contribution in [1.29, 1.82) is 0 Å². The van der Waals surface area contributed by atoms with Crippen molar-refractivity contribution in [3.63, 3.8) is 0 Å². The minimum absolute atomic E-state index is 0.0416. The first kappa shape index (κ1) is 15.3. The molecule has 0 aliphatic carbocycles. The second kappa shape index (κ2) is 6.28. The summed E-state index contributed by atoms with van der Waals surface area (Å²) in [5.41, 5.74) is 0.763. The summed E-state index contributed by atoms with van der Waals surface area (Å²) in [4.78, 5) is 21.5. The molecule has 0 spiro atoms. The number of halogens is 2. The Bertz CT molecular complexity index is 722. The Kier molecular flexibility index (Phi) is 4.18. The topological polar surface area (TPSA) is 55.3 Å². The zero-order valence-corrected chi connectivity index (χ0v) is 12.5. The van der Waals surface area contributed by atoms with Crippen LogP contribution in [0.1, 0.15) is 25.3 Å². The highest BCUT2D eigenvalue weighted by atomic mass is 19.1. The van der Waals surface area contributed by atoms with E-state index in [4.69, 9.17) is 4.74 Å². The van der Waals surface area contributed by atoms with Crippen LogP contribution in [-0.4, -0.2) is 26.8 Å². The number of aromatic nitrogens is 2. The molecule has 0 N–H and O–H groups in total. The predicted molar refractivity (Wildman–Crippen MR) is 77.7 cm³/mol. The number of nitrogens with zero attached hydrogens (tertiary/aromatic N) is 3. The van der Waals surface area contributed by atoms with Crippen LogP contribution in [0.3, 0.4) is 0 Å². The number of hydrogen-bond donors (Lipinski definition) is 0. The summed E-state index contributed by atoms with van der Waals surface area (Å²) in [7, 11) is 0. The van der Waals surface area contributed by atoms with E-state index in [1.165, 1.54) is 18.5 Å². The van der Waals surface area contributed by atoms with Crippen LogP contribution in [-0.2, 0) is 11.3 Å². The van der Waals surface area contributed by atoms with E-state index in [1.54, 1.807) is 4.90 Å². The van der Waals surface area contributed by atoms with Crippen LogP contribution in [0.15, 0.2) is 30.6 Å². The summed E-state index contributed by atoms with van der Waals surface area (Å²) in [5, 5.41) is 0. The molecule has 1 amide bonds. The third kappa shape index (κ3) is 3.44. The Hall–Kier alpha value is -2.57. The van der Waals surface area contributed by atoms with Gasteiger partial charge in [0.25, 0.3) is 0 Å². The summed E-state index contributed by atoms with van der Waals surface area (Å²) >= 11 is 0. The first-order valence-electron chi connectivity index (χ1n) is 7.26. The molecule has 1 atom stereocenters. The first-order valence-corrected chi connectivity index (χ1v) is 7.26. The van der Waals surface area contributed by atoms with Gasteiger partial charge in [0, 0.05) is 43.0 Å². The van der Waals surface area contributed by atoms with Crippen LogP contribution in [0.5, 0.6) is 11.8 Å². The van der Waals surface area contributed by atoms with E-state index in [-0.39, 0.29) is 23.7 Å². The lowest BCUT2D eigenvalue weighted by Gasteiger charge is -2.21. The van der Waals surface area contributed by atoms with Crippen LogP contribution >= 0.6 is 0 Å². The van der Waals surface area contributed by atoms with Crippen molar-refractivity contribution < 1.29 is 18.3 Å². The highest BCUT2D eigenvalue weighted by Gasteiger charge is 2.27. The lowest BCUT2D eigenvalue weighted by molar-refractivity contribution is -0.129. The fourth-order valence-electron chi connectivity index (χ4n) is 2.45. The minimum atomic E-state index is -0.825. The maximum atomic E-state index is 13.5. The molecule has 1 saturated heterocycles. The molecule has 7 heteroatoms. The molecule has 3 rings (SSSR count). The molecule has 2 aromatic rings. The monoisotopic (exact) mass is 319 g/mol. The molecule has 2 heterocycles. The van der Waals surface area contributed by atoms with E-state index in [0.29, 0.717) is 13.0 Å². The molecule has 0 saturated carbocycles. The molecular formula is C16H15F2N3O2. The van der Waals surface area contributed by atoms with Crippen molar-refractivity contribution in [1.82, 2.24) is 14.9 Å². The summed E-state index contributed by atoms with van der Waals surface area (Å²) < 4.78 is 31.5. The number of carbonyl (C=O) groups is 1. The number of carbonyl (C=O) groups excluding carboxylic acids is 1. The Morgan fingerprint density at radius 1 is 1.30 bits per heavy atom. The second-order valence-corrected chi connectivity index (χ2v) is 5.46. The Labute approximate surface area is 131 Å². The molecule has 1 aromatic carbocycles. The number of hydrogen-bond acceptors (Lipinski definition) is 4. The highest BCUT2D eigenvalue weighted by molar-refractivity contribution is 5.78. The van der Waals surface area contributed by atoms with Gasteiger partial charge in [-0.25, -0.2) is 18.7 Å². The molecule has 1 aliphatic heterocycles. The van der Waals surface area contributed by atoms with Gasteiger partial charge in [-0.05, 0) is 25.5 Å². The third-order valence-corrected chi connectivity index (χ3v) is 3.76. The van der Waals surface area contributed by atoms with E-state index in [1.807, 2.05) is 6.92 Å². The Morgan fingerprint density at radius 3 is 2.65 bits per heavy atom. The predicted octanol–water partition coefficient (Wildman–Crippen LogP) is 3.06. The lowest BCUT2D eigenvalue weighted by Crippen LogP contribution is -2.30. The fraction of sp³-hybridized carbons (Fsp3) is 0.312. The second-order valence-electron chi connectivity index (χ2n) is 5.46. The van der Waals surface area contributed by atoms with Gasteiger partial charge in [-0.3, -0.25) is 4.79 Å². The molecule has 0 radical (unpaired) electrons. The van der Waals surface area contributed by atoms with Gasteiger partial charge in [0.1, 0.15) is 5.82 Å².